The Morgan fingerprint density at radius 2 is 2.08 bits per heavy atom. The fourth-order valence-corrected chi connectivity index (χ4v) is 1.46. The number of nitrogens with one attached hydrogen (secondary N) is 1. The van der Waals surface area contributed by atoms with Crippen molar-refractivity contribution < 1.29 is 0 Å². The van der Waals surface area contributed by atoms with Crippen molar-refractivity contribution in [3.05, 3.63) is 35.1 Å². The lowest BCUT2D eigenvalue weighted by atomic mass is 10.4. The van der Waals surface area contributed by atoms with Gasteiger partial charge in [-0.15, -0.1) is 0 Å². The standard InChI is InChI=1S/C8H8N4S/c1-6-10-11-8(13)12(6)7-2-4-9-5-3-7/h2-5H,1H3,(H,11,13). The molecule has 2 aromatic rings. The number of aromatic amines is 1. The second-order valence-electron chi connectivity index (χ2n) is 2.62. The minimum Gasteiger partial charge on any atom is -0.272 e. The highest BCUT2D eigenvalue weighted by Crippen LogP contribution is 2.07. The van der Waals surface area contributed by atoms with E-state index in [2.05, 4.69) is 15.2 Å². The van der Waals surface area contributed by atoms with Crippen LogP contribution in [0.2, 0.25) is 0 Å². The summed E-state index contributed by atoms with van der Waals surface area (Å²) in [5.74, 6) is 0.844. The largest absolute Gasteiger partial charge is 0.272 e. The van der Waals surface area contributed by atoms with Gasteiger partial charge in [-0.1, -0.05) is 0 Å². The maximum Gasteiger partial charge on any atom is 0.199 e. The summed E-state index contributed by atoms with van der Waals surface area (Å²) in [5, 5.41) is 6.75. The third-order valence-corrected chi connectivity index (χ3v) is 2.03. The number of pyridine rings is 1. The summed E-state index contributed by atoms with van der Waals surface area (Å²) in [5.41, 5.74) is 0.978. The summed E-state index contributed by atoms with van der Waals surface area (Å²) in [6.45, 7) is 1.90. The Kier molecular flexibility index (Phi) is 1.94. The topological polar surface area (TPSA) is 46.5 Å². The number of hydrogen-bond acceptors (Lipinski definition) is 3. The van der Waals surface area contributed by atoms with E-state index >= 15 is 0 Å². The second kappa shape index (κ2) is 3.10. The Labute approximate surface area is 80.3 Å². The molecule has 0 aromatic carbocycles. The van der Waals surface area contributed by atoms with Gasteiger partial charge in [0.15, 0.2) is 4.77 Å². The molecule has 0 fully saturated rings. The average Bonchev–Trinajstić information content (AvgIpc) is 2.48. The zero-order valence-corrected chi connectivity index (χ0v) is 7.88. The maximum atomic E-state index is 5.08. The smallest absolute Gasteiger partial charge is 0.199 e. The van der Waals surface area contributed by atoms with Crippen molar-refractivity contribution in [1.29, 1.82) is 0 Å². The van der Waals surface area contributed by atoms with E-state index in [0.717, 1.165) is 11.5 Å². The van der Waals surface area contributed by atoms with Crippen molar-refractivity contribution in [2.24, 2.45) is 0 Å². The van der Waals surface area contributed by atoms with Crippen LogP contribution in [0.3, 0.4) is 0 Å². The van der Waals surface area contributed by atoms with Crippen molar-refractivity contribution in [3.8, 4) is 5.69 Å². The zero-order chi connectivity index (χ0) is 9.26. The van der Waals surface area contributed by atoms with Crippen molar-refractivity contribution in [2.75, 3.05) is 0 Å². The minimum atomic E-state index is 0.601. The van der Waals surface area contributed by atoms with Crippen LogP contribution in [0, 0.1) is 11.7 Å². The first-order valence-corrected chi connectivity index (χ1v) is 4.24. The summed E-state index contributed by atoms with van der Waals surface area (Å²) < 4.78 is 2.46. The molecule has 0 aliphatic heterocycles. The lowest BCUT2D eigenvalue weighted by Gasteiger charge is -2.01. The van der Waals surface area contributed by atoms with Gasteiger partial charge >= 0.3 is 0 Å². The Bertz CT molecular complexity index is 456. The molecule has 66 valence electrons. The number of aromatic nitrogens is 4. The van der Waals surface area contributed by atoms with Gasteiger partial charge in [-0.2, -0.15) is 5.10 Å². The van der Waals surface area contributed by atoms with E-state index in [1.54, 1.807) is 12.4 Å². The van der Waals surface area contributed by atoms with Crippen LogP contribution in [0.5, 0.6) is 0 Å². The number of nitrogens with zero attached hydrogens (tertiary/aromatic N) is 3. The predicted octanol–water partition coefficient (Wildman–Crippen LogP) is 1.63. The predicted molar refractivity (Wildman–Crippen MR) is 51.3 cm³/mol. The van der Waals surface area contributed by atoms with E-state index in [4.69, 9.17) is 12.2 Å². The van der Waals surface area contributed by atoms with E-state index in [1.165, 1.54) is 0 Å². The van der Waals surface area contributed by atoms with Crippen LogP contribution in [-0.4, -0.2) is 19.7 Å². The van der Waals surface area contributed by atoms with Crippen LogP contribution in [0.4, 0.5) is 0 Å². The molecule has 5 heteroatoms. The monoisotopic (exact) mass is 192 g/mol. The van der Waals surface area contributed by atoms with Crippen molar-refractivity contribution in [2.45, 2.75) is 6.92 Å². The van der Waals surface area contributed by atoms with E-state index in [-0.39, 0.29) is 0 Å². The molecule has 0 amide bonds. The van der Waals surface area contributed by atoms with Gasteiger partial charge in [-0.25, -0.2) is 0 Å². The van der Waals surface area contributed by atoms with Crippen LogP contribution in [0.15, 0.2) is 24.5 Å². The van der Waals surface area contributed by atoms with Gasteiger partial charge in [-0.3, -0.25) is 14.6 Å². The first kappa shape index (κ1) is 8.12. The molecule has 0 radical (unpaired) electrons. The fourth-order valence-electron chi connectivity index (χ4n) is 1.17. The summed E-state index contributed by atoms with van der Waals surface area (Å²) >= 11 is 5.08. The van der Waals surface area contributed by atoms with Crippen molar-refractivity contribution >= 4 is 12.2 Å². The van der Waals surface area contributed by atoms with Crippen LogP contribution < -0.4 is 0 Å². The van der Waals surface area contributed by atoms with Crippen LogP contribution >= 0.6 is 12.2 Å². The number of aryl methyl sites for hydroxylation is 1. The maximum absolute atomic E-state index is 5.08. The zero-order valence-electron chi connectivity index (χ0n) is 7.06. The molecule has 0 aliphatic carbocycles. The molecule has 0 saturated carbocycles. The van der Waals surface area contributed by atoms with Gasteiger partial charge < -0.3 is 0 Å². The summed E-state index contributed by atoms with van der Waals surface area (Å²) in [6.07, 6.45) is 3.45. The summed E-state index contributed by atoms with van der Waals surface area (Å²) in [7, 11) is 0. The third-order valence-electron chi connectivity index (χ3n) is 1.76. The Morgan fingerprint density at radius 1 is 1.38 bits per heavy atom. The Hall–Kier alpha value is -1.49. The molecule has 0 aliphatic rings. The first-order chi connectivity index (χ1) is 6.29. The average molecular weight is 192 g/mol. The van der Waals surface area contributed by atoms with Gasteiger partial charge in [0, 0.05) is 12.4 Å². The third kappa shape index (κ3) is 1.38. The van der Waals surface area contributed by atoms with E-state index in [1.807, 2.05) is 23.6 Å². The minimum absolute atomic E-state index is 0.601. The first-order valence-electron chi connectivity index (χ1n) is 3.83. The van der Waals surface area contributed by atoms with E-state index in [0.29, 0.717) is 4.77 Å². The van der Waals surface area contributed by atoms with Crippen LogP contribution in [-0.2, 0) is 0 Å². The van der Waals surface area contributed by atoms with Gasteiger partial charge in [0.05, 0.1) is 5.69 Å². The van der Waals surface area contributed by atoms with Crippen molar-refractivity contribution in [1.82, 2.24) is 19.7 Å². The SMILES string of the molecule is Cc1n[nH]c(=S)n1-c1ccncc1. The molecule has 13 heavy (non-hydrogen) atoms. The summed E-state index contributed by atoms with van der Waals surface area (Å²) in [4.78, 5) is 3.94. The number of hydrogen-bond donors (Lipinski definition) is 1. The lowest BCUT2D eigenvalue weighted by Crippen LogP contribution is -1.96. The Balaban J connectivity index is 2.65. The van der Waals surface area contributed by atoms with E-state index < -0.39 is 0 Å². The van der Waals surface area contributed by atoms with Crippen LogP contribution in [0.25, 0.3) is 5.69 Å². The number of rotatable bonds is 1. The molecule has 2 heterocycles. The quantitative estimate of drug-likeness (QED) is 0.698. The highest BCUT2D eigenvalue weighted by molar-refractivity contribution is 7.71. The lowest BCUT2D eigenvalue weighted by molar-refractivity contribution is 0.959. The fraction of sp³-hybridized carbons (Fsp3) is 0.125. The Morgan fingerprint density at radius 3 is 2.62 bits per heavy atom. The highest BCUT2D eigenvalue weighted by Gasteiger charge is 2.01. The molecular formula is C8H8N4S. The molecular weight excluding hydrogens is 184 g/mol. The van der Waals surface area contributed by atoms with Gasteiger partial charge in [0.25, 0.3) is 0 Å². The molecule has 0 spiro atoms. The molecule has 0 atom stereocenters. The summed E-state index contributed by atoms with van der Waals surface area (Å²) in [6, 6.07) is 3.77. The molecule has 0 saturated heterocycles. The molecule has 1 N–H and O–H groups in total. The van der Waals surface area contributed by atoms with Gasteiger partial charge in [0.1, 0.15) is 5.82 Å². The van der Waals surface area contributed by atoms with Crippen LogP contribution in [0.1, 0.15) is 5.82 Å². The second-order valence-corrected chi connectivity index (χ2v) is 3.00. The van der Waals surface area contributed by atoms with Gasteiger partial charge in [0.2, 0.25) is 0 Å². The normalized spacial score (nSPS) is 10.2. The number of H-pyrrole nitrogens is 1. The van der Waals surface area contributed by atoms with Crippen molar-refractivity contribution in [3.63, 3.8) is 0 Å². The van der Waals surface area contributed by atoms with Gasteiger partial charge in [-0.05, 0) is 31.3 Å². The molecule has 2 aromatic heterocycles. The molecule has 2 rings (SSSR count). The van der Waals surface area contributed by atoms with E-state index in [9.17, 15) is 0 Å². The highest BCUT2D eigenvalue weighted by atomic mass is 32.1. The molecule has 0 bridgehead atoms. The molecule has 4 nitrogen and oxygen atoms in total. The molecule has 0 unspecified atom stereocenters.